The SMILES string of the molecule is CCOCC[C@@H]1C[C@H]2CC[C@@H](C1)N2CC(C)CN1C(=O)COc2ccccc21. The minimum Gasteiger partial charge on any atom is -0.482 e. The van der Waals surface area contributed by atoms with Gasteiger partial charge in [-0.2, -0.15) is 0 Å². The molecule has 5 nitrogen and oxygen atoms in total. The molecule has 0 radical (unpaired) electrons. The highest BCUT2D eigenvalue weighted by Crippen LogP contribution is 2.40. The number of carbonyl (C=O) groups excluding carboxylic acids is 1. The van der Waals surface area contributed by atoms with Gasteiger partial charge in [-0.25, -0.2) is 0 Å². The Morgan fingerprint density at radius 1 is 1.18 bits per heavy atom. The van der Waals surface area contributed by atoms with E-state index in [4.69, 9.17) is 9.47 Å². The normalized spacial score (nSPS) is 28.1. The first-order chi connectivity index (χ1) is 13.7. The summed E-state index contributed by atoms with van der Waals surface area (Å²) in [6.07, 6.45) is 6.51. The minimum atomic E-state index is 0.0724. The third-order valence-corrected chi connectivity index (χ3v) is 6.68. The molecule has 1 aromatic rings. The van der Waals surface area contributed by atoms with Gasteiger partial charge in [0.2, 0.25) is 0 Å². The van der Waals surface area contributed by atoms with Crippen molar-refractivity contribution in [3.8, 4) is 5.75 Å². The highest BCUT2D eigenvalue weighted by atomic mass is 16.5. The molecule has 0 N–H and O–H groups in total. The van der Waals surface area contributed by atoms with Crippen molar-refractivity contribution in [3.63, 3.8) is 0 Å². The maximum atomic E-state index is 12.5. The van der Waals surface area contributed by atoms with Crippen LogP contribution in [0.1, 0.15) is 46.0 Å². The van der Waals surface area contributed by atoms with Gasteiger partial charge in [0.1, 0.15) is 5.75 Å². The number of carbonyl (C=O) groups is 1. The van der Waals surface area contributed by atoms with E-state index in [1.165, 1.54) is 32.1 Å². The van der Waals surface area contributed by atoms with Crippen LogP contribution in [0.5, 0.6) is 5.75 Å². The van der Waals surface area contributed by atoms with Crippen LogP contribution >= 0.6 is 0 Å². The maximum absolute atomic E-state index is 12.5. The lowest BCUT2D eigenvalue weighted by Crippen LogP contribution is -2.48. The quantitative estimate of drug-likeness (QED) is 0.639. The fraction of sp³-hybridized carbons (Fsp3) is 0.696. The van der Waals surface area contributed by atoms with E-state index < -0.39 is 0 Å². The predicted octanol–water partition coefficient (Wildman–Crippen LogP) is 3.72. The zero-order valence-corrected chi connectivity index (χ0v) is 17.3. The van der Waals surface area contributed by atoms with Gasteiger partial charge in [0.25, 0.3) is 5.91 Å². The first-order valence-corrected chi connectivity index (χ1v) is 11.0. The van der Waals surface area contributed by atoms with Crippen molar-refractivity contribution in [2.75, 3.05) is 37.8 Å². The molecule has 3 aliphatic rings. The average molecular weight is 387 g/mol. The molecule has 5 heteroatoms. The summed E-state index contributed by atoms with van der Waals surface area (Å²) in [5, 5.41) is 0. The van der Waals surface area contributed by atoms with Crippen molar-refractivity contribution in [3.05, 3.63) is 24.3 Å². The molecule has 28 heavy (non-hydrogen) atoms. The molecule has 0 aliphatic carbocycles. The molecule has 3 heterocycles. The lowest BCUT2D eigenvalue weighted by atomic mass is 9.88. The Hall–Kier alpha value is -1.59. The number of piperidine rings is 1. The standard InChI is InChI=1S/C23H34N2O3/c1-3-27-11-10-18-12-19-8-9-20(13-18)24(19)14-17(2)15-25-21-6-4-5-7-22(21)28-16-23(25)26/h4-7,17-20H,3,8-16H2,1-2H3/t17?,18-,19-,20+. The molecule has 1 unspecified atom stereocenters. The highest BCUT2D eigenvalue weighted by molar-refractivity contribution is 5.97. The van der Waals surface area contributed by atoms with Crippen LogP contribution in [-0.4, -0.2) is 55.8 Å². The summed E-state index contributed by atoms with van der Waals surface area (Å²) in [6.45, 7) is 8.10. The summed E-state index contributed by atoms with van der Waals surface area (Å²) in [4.78, 5) is 17.1. The van der Waals surface area contributed by atoms with Crippen molar-refractivity contribution in [2.45, 2.75) is 58.0 Å². The first-order valence-electron chi connectivity index (χ1n) is 11.0. The van der Waals surface area contributed by atoms with Gasteiger partial charge >= 0.3 is 0 Å². The Kier molecular flexibility index (Phi) is 6.22. The average Bonchev–Trinajstić information content (AvgIpc) is 2.92. The molecule has 1 aromatic carbocycles. The van der Waals surface area contributed by atoms with Crippen molar-refractivity contribution in [2.24, 2.45) is 11.8 Å². The second-order valence-electron chi connectivity index (χ2n) is 8.77. The third-order valence-electron chi connectivity index (χ3n) is 6.68. The fourth-order valence-corrected chi connectivity index (χ4v) is 5.40. The molecule has 4 rings (SSSR count). The monoisotopic (exact) mass is 386 g/mol. The molecule has 0 aromatic heterocycles. The van der Waals surface area contributed by atoms with E-state index in [0.717, 1.165) is 55.7 Å². The number of amides is 1. The van der Waals surface area contributed by atoms with Crippen LogP contribution in [0.4, 0.5) is 5.69 Å². The van der Waals surface area contributed by atoms with Gasteiger partial charge < -0.3 is 14.4 Å². The summed E-state index contributed by atoms with van der Waals surface area (Å²) in [5.74, 6) is 2.16. The molecule has 3 aliphatic heterocycles. The number of fused-ring (bicyclic) bond motifs is 3. The van der Waals surface area contributed by atoms with Crippen molar-refractivity contribution in [1.29, 1.82) is 0 Å². The lowest BCUT2D eigenvalue weighted by Gasteiger charge is -2.41. The molecule has 154 valence electrons. The van der Waals surface area contributed by atoms with Crippen LogP contribution in [0.25, 0.3) is 0 Å². The Labute approximate surface area is 169 Å². The molecule has 2 bridgehead atoms. The highest BCUT2D eigenvalue weighted by Gasteiger charge is 2.41. The van der Waals surface area contributed by atoms with E-state index in [1.807, 2.05) is 29.2 Å². The van der Waals surface area contributed by atoms with Gasteiger partial charge in [-0.3, -0.25) is 9.69 Å². The smallest absolute Gasteiger partial charge is 0.265 e. The zero-order chi connectivity index (χ0) is 19.5. The summed E-state index contributed by atoms with van der Waals surface area (Å²) in [7, 11) is 0. The van der Waals surface area contributed by atoms with Gasteiger partial charge in [0.05, 0.1) is 5.69 Å². The van der Waals surface area contributed by atoms with E-state index in [0.29, 0.717) is 5.92 Å². The number of para-hydroxylation sites is 2. The minimum absolute atomic E-state index is 0.0724. The van der Waals surface area contributed by atoms with Crippen LogP contribution < -0.4 is 9.64 Å². The number of benzene rings is 1. The van der Waals surface area contributed by atoms with Gasteiger partial charge in [-0.1, -0.05) is 19.1 Å². The van der Waals surface area contributed by atoms with E-state index >= 15 is 0 Å². The molecular formula is C23H34N2O3. The van der Waals surface area contributed by atoms with Crippen LogP contribution in [0.2, 0.25) is 0 Å². The van der Waals surface area contributed by atoms with Crippen molar-refractivity contribution in [1.82, 2.24) is 4.90 Å². The van der Waals surface area contributed by atoms with Crippen LogP contribution in [0.3, 0.4) is 0 Å². The Balaban J connectivity index is 1.34. The lowest BCUT2D eigenvalue weighted by molar-refractivity contribution is -0.121. The summed E-state index contributed by atoms with van der Waals surface area (Å²) in [5.41, 5.74) is 0.920. The van der Waals surface area contributed by atoms with Crippen molar-refractivity contribution >= 4 is 11.6 Å². The van der Waals surface area contributed by atoms with Gasteiger partial charge in [-0.15, -0.1) is 0 Å². The largest absolute Gasteiger partial charge is 0.482 e. The summed E-state index contributed by atoms with van der Waals surface area (Å²) < 4.78 is 11.2. The van der Waals surface area contributed by atoms with Crippen LogP contribution in [-0.2, 0) is 9.53 Å². The Morgan fingerprint density at radius 3 is 2.68 bits per heavy atom. The molecule has 2 saturated heterocycles. The number of hydrogen-bond donors (Lipinski definition) is 0. The maximum Gasteiger partial charge on any atom is 0.265 e. The molecule has 1 amide bonds. The fourth-order valence-electron chi connectivity index (χ4n) is 5.40. The zero-order valence-electron chi connectivity index (χ0n) is 17.3. The van der Waals surface area contributed by atoms with E-state index in [-0.39, 0.29) is 12.5 Å². The third kappa shape index (κ3) is 4.20. The number of anilines is 1. The number of rotatable bonds is 8. The summed E-state index contributed by atoms with van der Waals surface area (Å²) >= 11 is 0. The van der Waals surface area contributed by atoms with Gasteiger partial charge in [-0.05, 0) is 63.0 Å². The molecule has 0 spiro atoms. The topological polar surface area (TPSA) is 42.0 Å². The Morgan fingerprint density at radius 2 is 1.93 bits per heavy atom. The van der Waals surface area contributed by atoms with Crippen LogP contribution in [0, 0.1) is 11.8 Å². The second kappa shape index (κ2) is 8.83. The second-order valence-corrected chi connectivity index (χ2v) is 8.77. The first kappa shape index (κ1) is 19.7. The molecular weight excluding hydrogens is 352 g/mol. The van der Waals surface area contributed by atoms with Gasteiger partial charge in [0, 0.05) is 38.4 Å². The predicted molar refractivity (Wildman–Crippen MR) is 111 cm³/mol. The van der Waals surface area contributed by atoms with E-state index in [9.17, 15) is 4.79 Å². The Bertz CT molecular complexity index is 666. The molecule has 2 fully saturated rings. The van der Waals surface area contributed by atoms with Crippen molar-refractivity contribution < 1.29 is 14.3 Å². The van der Waals surface area contributed by atoms with E-state index in [2.05, 4.69) is 18.7 Å². The molecule has 4 atom stereocenters. The van der Waals surface area contributed by atoms with Gasteiger partial charge in [0.15, 0.2) is 6.61 Å². The van der Waals surface area contributed by atoms with Crippen LogP contribution in [0.15, 0.2) is 24.3 Å². The van der Waals surface area contributed by atoms with E-state index in [1.54, 1.807) is 0 Å². The number of ether oxygens (including phenoxy) is 2. The number of nitrogens with zero attached hydrogens (tertiary/aromatic N) is 2. The summed E-state index contributed by atoms with van der Waals surface area (Å²) in [6, 6.07) is 9.33. The number of hydrogen-bond acceptors (Lipinski definition) is 4. The molecule has 0 saturated carbocycles.